The maximum Gasteiger partial charge on any atom is 0.157 e. The van der Waals surface area contributed by atoms with Gasteiger partial charge in [0.05, 0.1) is 10.7 Å². The number of H-pyrrole nitrogens is 1. The predicted octanol–water partition coefficient (Wildman–Crippen LogP) is 1.60. The maximum absolute atomic E-state index is 5.66. The molecule has 98 valence electrons. The number of hydrogen-bond acceptors (Lipinski definition) is 3. The second kappa shape index (κ2) is 6.00. The third-order valence-electron chi connectivity index (χ3n) is 2.62. The highest BCUT2D eigenvalue weighted by Crippen LogP contribution is 2.10. The molecule has 0 spiro atoms. The van der Waals surface area contributed by atoms with Crippen molar-refractivity contribution < 1.29 is 0 Å². The fourth-order valence-electron chi connectivity index (χ4n) is 1.81. The molecule has 3 N–H and O–H groups in total. The fourth-order valence-corrected chi connectivity index (χ4v) is 1.81. The fraction of sp³-hybridized carbons (Fsp3) is 0.200. The summed E-state index contributed by atoms with van der Waals surface area (Å²) in [7, 11) is 0. The van der Waals surface area contributed by atoms with E-state index in [1.807, 2.05) is 38.1 Å². The number of allylic oxidation sites excluding steroid dienone is 2. The van der Waals surface area contributed by atoms with E-state index in [9.17, 15) is 0 Å². The number of nitrogens with two attached hydrogens (primary N) is 1. The summed E-state index contributed by atoms with van der Waals surface area (Å²) in [6.07, 6.45) is 9.12. The minimum atomic E-state index is 0.502. The average Bonchev–Trinajstić information content (AvgIpc) is 2.73. The van der Waals surface area contributed by atoms with E-state index >= 15 is 0 Å². The Labute approximate surface area is 112 Å². The molecule has 0 bridgehead atoms. The van der Waals surface area contributed by atoms with Crippen molar-refractivity contribution in [3.05, 3.63) is 41.0 Å². The van der Waals surface area contributed by atoms with E-state index in [1.54, 1.807) is 6.07 Å². The smallest absolute Gasteiger partial charge is 0.157 e. The van der Waals surface area contributed by atoms with Gasteiger partial charge in [-0.1, -0.05) is 38.1 Å². The summed E-state index contributed by atoms with van der Waals surface area (Å²) in [4.78, 5) is 12.0. The van der Waals surface area contributed by atoms with Crippen LogP contribution in [0, 0.1) is 0 Å². The van der Waals surface area contributed by atoms with E-state index in [-0.39, 0.29) is 0 Å². The van der Waals surface area contributed by atoms with Crippen LogP contribution in [0.4, 0.5) is 5.82 Å². The minimum Gasteiger partial charge on any atom is -0.384 e. The number of hydrogen-bond donors (Lipinski definition) is 2. The first-order chi connectivity index (χ1) is 9.33. The molecule has 2 heterocycles. The zero-order chi connectivity index (χ0) is 13.7. The van der Waals surface area contributed by atoms with Gasteiger partial charge in [0.15, 0.2) is 5.82 Å². The van der Waals surface area contributed by atoms with Gasteiger partial charge < -0.3 is 10.7 Å². The number of nitrogens with zero attached hydrogens (tertiary/aromatic N) is 2. The zero-order valence-corrected chi connectivity index (χ0v) is 11.2. The van der Waals surface area contributed by atoms with Crippen molar-refractivity contribution in [2.75, 3.05) is 5.73 Å². The van der Waals surface area contributed by atoms with Crippen LogP contribution in [0.5, 0.6) is 0 Å². The monoisotopic (exact) mass is 254 g/mol. The number of aromatic nitrogens is 3. The normalized spacial score (nSPS) is 12.3. The van der Waals surface area contributed by atoms with Crippen LogP contribution in [-0.4, -0.2) is 15.0 Å². The predicted molar refractivity (Wildman–Crippen MR) is 79.5 cm³/mol. The average molecular weight is 254 g/mol. The lowest BCUT2D eigenvalue weighted by molar-refractivity contribution is 1.21. The molecule has 0 radical (unpaired) electrons. The van der Waals surface area contributed by atoms with Gasteiger partial charge in [0, 0.05) is 0 Å². The largest absolute Gasteiger partial charge is 0.384 e. The number of nitrogen functional groups attached to an aromatic ring is 1. The number of rotatable bonds is 1. The summed E-state index contributed by atoms with van der Waals surface area (Å²) in [5.41, 5.74) is 6.43. The summed E-state index contributed by atoms with van der Waals surface area (Å²) in [6, 6.07) is 5.53. The van der Waals surface area contributed by atoms with Crippen LogP contribution in [-0.2, 0) is 0 Å². The number of anilines is 1. The Bertz CT molecular complexity index is 695. The van der Waals surface area contributed by atoms with Gasteiger partial charge in [0.25, 0.3) is 0 Å². The summed E-state index contributed by atoms with van der Waals surface area (Å²) >= 11 is 0. The van der Waals surface area contributed by atoms with Crippen molar-refractivity contribution in [2.45, 2.75) is 20.3 Å². The summed E-state index contributed by atoms with van der Waals surface area (Å²) < 4.78 is 0. The Morgan fingerprint density at radius 2 is 2.05 bits per heavy atom. The molecule has 19 heavy (non-hydrogen) atoms. The number of aromatic amines is 1. The standard InChI is InChI=1S/C13H12N4.C2H6/c14-12-8-4-7-11(15-12)13-16-9-5-2-1-3-6-10(9)17-13;1-2/h1-2,4-8H,3H2,(H2,14,15)(H,16,17);1-2H3. The van der Waals surface area contributed by atoms with Crippen LogP contribution in [0.3, 0.4) is 0 Å². The Kier molecular flexibility index (Phi) is 4.13. The van der Waals surface area contributed by atoms with Gasteiger partial charge in [-0.2, -0.15) is 0 Å². The molecular weight excluding hydrogens is 236 g/mol. The molecule has 4 heteroatoms. The van der Waals surface area contributed by atoms with Crippen LogP contribution in [0.1, 0.15) is 20.3 Å². The molecule has 1 aliphatic rings. The number of imidazole rings is 1. The van der Waals surface area contributed by atoms with E-state index < -0.39 is 0 Å². The maximum atomic E-state index is 5.66. The van der Waals surface area contributed by atoms with Crippen LogP contribution in [0.15, 0.2) is 30.4 Å². The highest BCUT2D eigenvalue weighted by atomic mass is 15.0. The lowest BCUT2D eigenvalue weighted by atomic mass is 10.3. The van der Waals surface area contributed by atoms with Crippen molar-refractivity contribution in [3.8, 4) is 11.5 Å². The Morgan fingerprint density at radius 1 is 1.21 bits per heavy atom. The van der Waals surface area contributed by atoms with Gasteiger partial charge in [0.2, 0.25) is 0 Å². The van der Waals surface area contributed by atoms with Crippen molar-refractivity contribution >= 4 is 18.0 Å². The Hall–Kier alpha value is -2.36. The van der Waals surface area contributed by atoms with Gasteiger partial charge in [-0.3, -0.25) is 0 Å². The van der Waals surface area contributed by atoms with Crippen molar-refractivity contribution in [1.82, 2.24) is 15.0 Å². The van der Waals surface area contributed by atoms with Crippen molar-refractivity contribution in [1.29, 1.82) is 0 Å². The first-order valence-electron chi connectivity index (χ1n) is 6.49. The van der Waals surface area contributed by atoms with Gasteiger partial charge in [-0.05, 0) is 24.6 Å². The highest BCUT2D eigenvalue weighted by Gasteiger charge is 2.04. The third kappa shape index (κ3) is 2.91. The second-order valence-corrected chi connectivity index (χ2v) is 3.87. The highest BCUT2D eigenvalue weighted by molar-refractivity contribution is 5.54. The minimum absolute atomic E-state index is 0.502. The SMILES string of the molecule is CC.Nc1cccc(-c2nc3c([nH]2)=CC=CCC=3)n1. The van der Waals surface area contributed by atoms with Gasteiger partial charge in [-0.15, -0.1) is 0 Å². The molecule has 0 unspecified atom stereocenters. The molecule has 0 saturated carbocycles. The molecule has 2 aromatic heterocycles. The first kappa shape index (κ1) is 13.1. The molecule has 0 amide bonds. The molecule has 3 rings (SSSR count). The molecule has 0 atom stereocenters. The molecule has 0 aliphatic heterocycles. The van der Waals surface area contributed by atoms with Crippen LogP contribution in [0.2, 0.25) is 0 Å². The number of nitrogens with one attached hydrogen (secondary N) is 1. The Morgan fingerprint density at radius 3 is 2.84 bits per heavy atom. The zero-order valence-electron chi connectivity index (χ0n) is 11.2. The molecule has 4 nitrogen and oxygen atoms in total. The number of pyridine rings is 1. The van der Waals surface area contributed by atoms with Crippen LogP contribution in [0.25, 0.3) is 23.7 Å². The molecular formula is C15H18N4. The first-order valence-corrected chi connectivity index (χ1v) is 6.49. The topological polar surface area (TPSA) is 67.6 Å². The van der Waals surface area contributed by atoms with Gasteiger partial charge >= 0.3 is 0 Å². The summed E-state index contributed by atoms with van der Waals surface area (Å²) in [5.74, 6) is 1.26. The quantitative estimate of drug-likeness (QED) is 0.812. The lowest BCUT2D eigenvalue weighted by Crippen LogP contribution is -2.23. The van der Waals surface area contributed by atoms with E-state index in [0.29, 0.717) is 5.82 Å². The molecule has 1 aliphatic carbocycles. The lowest BCUT2D eigenvalue weighted by Gasteiger charge is -1.96. The molecule has 0 fully saturated rings. The third-order valence-corrected chi connectivity index (χ3v) is 2.62. The van der Waals surface area contributed by atoms with Crippen molar-refractivity contribution in [3.63, 3.8) is 0 Å². The van der Waals surface area contributed by atoms with Crippen molar-refractivity contribution in [2.24, 2.45) is 0 Å². The summed E-state index contributed by atoms with van der Waals surface area (Å²) in [6.45, 7) is 4.00. The van der Waals surface area contributed by atoms with E-state index in [4.69, 9.17) is 5.73 Å². The summed E-state index contributed by atoms with van der Waals surface area (Å²) in [5, 5.41) is 1.98. The molecule has 0 saturated heterocycles. The second-order valence-electron chi connectivity index (χ2n) is 3.87. The van der Waals surface area contributed by atoms with Crippen LogP contribution >= 0.6 is 0 Å². The molecule has 2 aromatic rings. The van der Waals surface area contributed by atoms with Crippen LogP contribution < -0.4 is 16.4 Å². The molecule has 0 aromatic carbocycles. The van der Waals surface area contributed by atoms with E-state index in [2.05, 4.69) is 27.1 Å². The number of fused-ring (bicyclic) bond motifs is 1. The van der Waals surface area contributed by atoms with Gasteiger partial charge in [-0.25, -0.2) is 9.97 Å². The Balaban J connectivity index is 0.000000637. The van der Waals surface area contributed by atoms with E-state index in [1.165, 1.54) is 0 Å². The van der Waals surface area contributed by atoms with Gasteiger partial charge in [0.1, 0.15) is 11.5 Å². The van der Waals surface area contributed by atoms with E-state index in [0.717, 1.165) is 28.6 Å².